The van der Waals surface area contributed by atoms with E-state index in [0.717, 1.165) is 17.0 Å². The number of H-pyrrole nitrogens is 1. The molecule has 182 valence electrons. The number of nitrogens with one attached hydrogen (secondary N) is 2. The molecule has 0 radical (unpaired) electrons. The van der Waals surface area contributed by atoms with E-state index >= 15 is 0 Å². The van der Waals surface area contributed by atoms with Crippen LogP contribution < -0.4 is 5.32 Å². The molecule has 0 aliphatic rings. The number of aromatic amines is 1. The molecule has 34 heavy (non-hydrogen) atoms. The molecule has 11 heteroatoms. The maximum Gasteiger partial charge on any atom is 0.244 e. The van der Waals surface area contributed by atoms with Crippen LogP contribution in [0.4, 0.5) is 0 Å². The first kappa shape index (κ1) is 26.2. The Hall–Kier alpha value is -2.40. The summed E-state index contributed by atoms with van der Waals surface area (Å²) in [6.07, 6.45) is 0. The molecular formula is C23H28ClN5O3S2. The van der Waals surface area contributed by atoms with Crippen LogP contribution in [0.15, 0.2) is 46.5 Å². The fourth-order valence-electron chi connectivity index (χ4n) is 3.66. The number of amides is 1. The third-order valence-corrected chi connectivity index (χ3v) is 8.23. The fourth-order valence-corrected chi connectivity index (χ4v) is 6.28. The minimum Gasteiger partial charge on any atom is -0.354 e. The van der Waals surface area contributed by atoms with E-state index in [1.807, 2.05) is 26.0 Å². The molecule has 3 rings (SSSR count). The first-order chi connectivity index (χ1) is 16.1. The van der Waals surface area contributed by atoms with Crippen molar-refractivity contribution < 1.29 is 13.2 Å². The highest BCUT2D eigenvalue weighted by Gasteiger charge is 2.30. The van der Waals surface area contributed by atoms with Crippen molar-refractivity contribution in [1.29, 1.82) is 0 Å². The number of hydrogen-bond acceptors (Lipinski definition) is 6. The van der Waals surface area contributed by atoms with Crippen LogP contribution in [0, 0.1) is 27.7 Å². The Morgan fingerprint density at radius 3 is 2.35 bits per heavy atom. The van der Waals surface area contributed by atoms with E-state index < -0.39 is 10.0 Å². The largest absolute Gasteiger partial charge is 0.354 e. The third-order valence-electron chi connectivity index (χ3n) is 5.03. The Morgan fingerprint density at radius 1 is 1.12 bits per heavy atom. The summed E-state index contributed by atoms with van der Waals surface area (Å²) in [5, 5.41) is 10.8. The number of nitrogens with zero attached hydrogens (tertiary/aromatic N) is 3. The van der Waals surface area contributed by atoms with Gasteiger partial charge in [0.15, 0.2) is 0 Å². The van der Waals surface area contributed by atoms with Crippen LogP contribution >= 0.6 is 23.4 Å². The lowest BCUT2D eigenvalue weighted by atomic mass is 10.1. The predicted octanol–water partition coefficient (Wildman–Crippen LogP) is 3.79. The number of carbonyl (C=O) groups excluding carboxylic acids is 1. The van der Waals surface area contributed by atoms with Gasteiger partial charge in [0.05, 0.1) is 11.4 Å². The third kappa shape index (κ3) is 6.82. The smallest absolute Gasteiger partial charge is 0.244 e. The maximum atomic E-state index is 13.7. The molecule has 0 spiro atoms. The Labute approximate surface area is 209 Å². The molecule has 0 aliphatic heterocycles. The molecule has 8 nitrogen and oxygen atoms in total. The molecule has 0 fully saturated rings. The van der Waals surface area contributed by atoms with Crippen molar-refractivity contribution in [2.45, 2.75) is 44.3 Å². The highest BCUT2D eigenvalue weighted by molar-refractivity contribution is 7.99. The molecule has 0 aliphatic carbocycles. The molecule has 0 atom stereocenters. The predicted molar refractivity (Wildman–Crippen MR) is 135 cm³/mol. The standard InChI is InChI=1S/C23H28ClN5O3S2/c1-15-11-16(2)22(17(3)12-15)34(31,32)29(13-19-5-7-20(24)8-6-19)14-21(30)25-9-10-33-23-26-18(4)27-28-23/h5-8,11-12H,9-10,13-14H2,1-4H3,(H,25,30)(H,26,27,28). The quantitative estimate of drug-likeness (QED) is 0.310. The molecule has 0 saturated carbocycles. The summed E-state index contributed by atoms with van der Waals surface area (Å²) in [6, 6.07) is 10.6. The van der Waals surface area contributed by atoms with E-state index in [2.05, 4.69) is 20.5 Å². The number of halogens is 1. The van der Waals surface area contributed by atoms with Gasteiger partial charge in [-0.2, -0.15) is 4.31 Å². The van der Waals surface area contributed by atoms with Gasteiger partial charge in [0.25, 0.3) is 0 Å². The number of thioether (sulfide) groups is 1. The maximum absolute atomic E-state index is 13.7. The van der Waals surface area contributed by atoms with E-state index in [4.69, 9.17) is 11.6 Å². The van der Waals surface area contributed by atoms with Gasteiger partial charge in [-0.3, -0.25) is 9.89 Å². The monoisotopic (exact) mass is 521 g/mol. The van der Waals surface area contributed by atoms with Gasteiger partial charge in [0.1, 0.15) is 5.82 Å². The van der Waals surface area contributed by atoms with Crippen LogP contribution in [0.25, 0.3) is 0 Å². The zero-order valence-electron chi connectivity index (χ0n) is 19.6. The summed E-state index contributed by atoms with van der Waals surface area (Å²) in [7, 11) is -3.94. The molecule has 1 aromatic heterocycles. The van der Waals surface area contributed by atoms with Crippen molar-refractivity contribution in [2.75, 3.05) is 18.8 Å². The van der Waals surface area contributed by atoms with Crippen molar-refractivity contribution in [3.63, 3.8) is 0 Å². The average molecular weight is 522 g/mol. The number of carbonyl (C=O) groups is 1. The number of rotatable bonds is 10. The molecule has 1 heterocycles. The van der Waals surface area contributed by atoms with E-state index in [-0.39, 0.29) is 23.9 Å². The number of sulfonamides is 1. The van der Waals surface area contributed by atoms with Crippen LogP contribution in [-0.2, 0) is 21.4 Å². The molecule has 0 unspecified atom stereocenters. The molecule has 3 aromatic rings. The average Bonchev–Trinajstić information content (AvgIpc) is 3.16. The zero-order chi connectivity index (χ0) is 24.9. The van der Waals surface area contributed by atoms with Crippen LogP contribution in [0.3, 0.4) is 0 Å². The Bertz CT molecular complexity index is 1240. The topological polar surface area (TPSA) is 108 Å². The van der Waals surface area contributed by atoms with E-state index in [9.17, 15) is 13.2 Å². The number of hydrogen-bond donors (Lipinski definition) is 2. The summed E-state index contributed by atoms with van der Waals surface area (Å²) < 4.78 is 28.6. The van der Waals surface area contributed by atoms with Crippen LogP contribution in [0.1, 0.15) is 28.1 Å². The summed E-state index contributed by atoms with van der Waals surface area (Å²) in [4.78, 5) is 17.2. The number of benzene rings is 2. The zero-order valence-corrected chi connectivity index (χ0v) is 21.9. The summed E-state index contributed by atoms with van der Waals surface area (Å²) in [5.74, 6) is 0.895. The van der Waals surface area contributed by atoms with Gasteiger partial charge in [-0.05, 0) is 56.5 Å². The van der Waals surface area contributed by atoms with Crippen molar-refractivity contribution in [3.8, 4) is 0 Å². The Morgan fingerprint density at radius 2 is 1.76 bits per heavy atom. The van der Waals surface area contributed by atoms with E-state index in [1.165, 1.54) is 16.1 Å². The van der Waals surface area contributed by atoms with Gasteiger partial charge < -0.3 is 5.32 Å². The van der Waals surface area contributed by atoms with Gasteiger partial charge in [0, 0.05) is 23.9 Å². The van der Waals surface area contributed by atoms with Crippen LogP contribution in [0.2, 0.25) is 5.02 Å². The molecule has 2 aromatic carbocycles. The highest BCUT2D eigenvalue weighted by atomic mass is 35.5. The lowest BCUT2D eigenvalue weighted by molar-refractivity contribution is -0.121. The van der Waals surface area contributed by atoms with Crippen molar-refractivity contribution in [1.82, 2.24) is 24.8 Å². The lowest BCUT2D eigenvalue weighted by Crippen LogP contribution is -2.41. The second-order valence-electron chi connectivity index (χ2n) is 8.03. The van der Waals surface area contributed by atoms with Crippen molar-refractivity contribution in [3.05, 3.63) is 69.5 Å². The first-order valence-electron chi connectivity index (χ1n) is 10.7. The Kier molecular flexibility index (Phi) is 8.75. The SMILES string of the molecule is Cc1cc(C)c(S(=O)(=O)N(CC(=O)NCCSc2n[nH]c(C)n2)Cc2ccc(Cl)cc2)c(C)c1. The molecule has 2 N–H and O–H groups in total. The van der Waals surface area contributed by atoms with Gasteiger partial charge in [0.2, 0.25) is 21.1 Å². The normalized spacial score (nSPS) is 11.7. The molecular weight excluding hydrogens is 494 g/mol. The lowest BCUT2D eigenvalue weighted by Gasteiger charge is -2.24. The van der Waals surface area contributed by atoms with Crippen molar-refractivity contribution in [2.24, 2.45) is 0 Å². The van der Waals surface area contributed by atoms with Gasteiger partial charge in [-0.15, -0.1) is 5.10 Å². The van der Waals surface area contributed by atoms with Gasteiger partial charge >= 0.3 is 0 Å². The molecule has 1 amide bonds. The van der Waals surface area contributed by atoms with Crippen LogP contribution in [0.5, 0.6) is 0 Å². The summed E-state index contributed by atoms with van der Waals surface area (Å²) in [6.45, 7) is 7.38. The van der Waals surface area contributed by atoms with E-state index in [1.54, 1.807) is 38.1 Å². The first-order valence-corrected chi connectivity index (χ1v) is 13.5. The molecule has 0 saturated heterocycles. The van der Waals surface area contributed by atoms with E-state index in [0.29, 0.717) is 33.6 Å². The number of aromatic nitrogens is 3. The summed E-state index contributed by atoms with van der Waals surface area (Å²) >= 11 is 7.38. The Balaban J connectivity index is 1.76. The minimum absolute atomic E-state index is 0.0465. The second-order valence-corrected chi connectivity index (χ2v) is 11.4. The molecule has 0 bridgehead atoms. The van der Waals surface area contributed by atoms with Crippen molar-refractivity contribution >= 4 is 39.3 Å². The highest BCUT2D eigenvalue weighted by Crippen LogP contribution is 2.26. The van der Waals surface area contributed by atoms with Gasteiger partial charge in [-0.25, -0.2) is 13.4 Å². The minimum atomic E-state index is -3.94. The number of aryl methyl sites for hydroxylation is 4. The fraction of sp³-hybridized carbons (Fsp3) is 0.348. The summed E-state index contributed by atoms with van der Waals surface area (Å²) in [5.41, 5.74) is 3.02. The van der Waals surface area contributed by atoms with Crippen LogP contribution in [-0.4, -0.2) is 52.7 Å². The second kappa shape index (κ2) is 11.4. The van der Waals surface area contributed by atoms with Gasteiger partial charge in [-0.1, -0.05) is 53.2 Å².